The molecule has 9 heteroatoms. The fraction of sp³-hybridized carbons (Fsp3) is 0.500. The molecule has 0 bridgehead atoms. The lowest BCUT2D eigenvalue weighted by atomic mass is 9.93. The molecule has 2 aromatic rings. The monoisotopic (exact) mass is 452 g/mol. The van der Waals surface area contributed by atoms with Gasteiger partial charge < -0.3 is 24.4 Å². The Kier molecular flexibility index (Phi) is 7.72. The van der Waals surface area contributed by atoms with Crippen molar-refractivity contribution in [1.29, 1.82) is 0 Å². The molecule has 0 amide bonds. The number of hydrogen-bond donors (Lipinski definition) is 1. The SMILES string of the molecule is C=N/C=C(\N=C(/C)OC)N[C@H]1CC[C@@H](Oc2cc(N3CCOCC3)cc3nccnc23)CC1. The molecule has 0 atom stereocenters. The first-order valence-corrected chi connectivity index (χ1v) is 11.4. The molecule has 1 N–H and O–H groups in total. The lowest BCUT2D eigenvalue weighted by Crippen LogP contribution is -2.36. The molecule has 4 rings (SSSR count). The molecular weight excluding hydrogens is 420 g/mol. The lowest BCUT2D eigenvalue weighted by Gasteiger charge is -2.31. The van der Waals surface area contributed by atoms with E-state index in [9.17, 15) is 0 Å². The average Bonchev–Trinajstić information content (AvgIpc) is 2.85. The van der Waals surface area contributed by atoms with Gasteiger partial charge in [-0.1, -0.05) is 0 Å². The first kappa shape index (κ1) is 23.0. The van der Waals surface area contributed by atoms with E-state index in [1.54, 1.807) is 25.7 Å². The number of rotatable bonds is 7. The van der Waals surface area contributed by atoms with E-state index in [0.717, 1.165) is 74.5 Å². The fourth-order valence-electron chi connectivity index (χ4n) is 4.24. The van der Waals surface area contributed by atoms with Crippen molar-refractivity contribution in [3.63, 3.8) is 0 Å². The quantitative estimate of drug-likeness (QED) is 0.509. The Morgan fingerprint density at radius 1 is 1.18 bits per heavy atom. The van der Waals surface area contributed by atoms with E-state index in [-0.39, 0.29) is 6.10 Å². The highest BCUT2D eigenvalue weighted by molar-refractivity contribution is 5.85. The number of nitrogens with one attached hydrogen (secondary N) is 1. The van der Waals surface area contributed by atoms with E-state index in [2.05, 4.69) is 49.0 Å². The van der Waals surface area contributed by atoms with Crippen LogP contribution in [0.1, 0.15) is 32.6 Å². The fourth-order valence-corrected chi connectivity index (χ4v) is 4.24. The highest BCUT2D eigenvalue weighted by Crippen LogP contribution is 2.33. The second-order valence-electron chi connectivity index (χ2n) is 8.24. The van der Waals surface area contributed by atoms with Crippen molar-refractivity contribution < 1.29 is 14.2 Å². The standard InChI is InChI=1S/C24H32N6O3/c1-17(31-3)28-23(16-25-2)29-18-4-6-20(7-5-18)33-22-15-19(30-10-12-32-13-11-30)14-21-24(22)27-9-8-26-21/h8-9,14-16,18,20,29H,2,4-7,10-13H2,1,3H3/b23-16+,28-17+/t18-,20+. The molecule has 33 heavy (non-hydrogen) atoms. The molecule has 2 fully saturated rings. The summed E-state index contributed by atoms with van der Waals surface area (Å²) >= 11 is 0. The molecule has 1 aliphatic heterocycles. The van der Waals surface area contributed by atoms with Crippen LogP contribution in [0.15, 0.2) is 46.5 Å². The highest BCUT2D eigenvalue weighted by Gasteiger charge is 2.24. The van der Waals surface area contributed by atoms with E-state index < -0.39 is 0 Å². The Labute approximate surface area is 194 Å². The minimum absolute atomic E-state index is 0.127. The van der Waals surface area contributed by atoms with Gasteiger partial charge >= 0.3 is 0 Å². The van der Waals surface area contributed by atoms with Crippen LogP contribution in [0.5, 0.6) is 5.75 Å². The van der Waals surface area contributed by atoms with Crippen molar-refractivity contribution in [3.05, 3.63) is 36.5 Å². The van der Waals surface area contributed by atoms with Crippen LogP contribution in [0.3, 0.4) is 0 Å². The molecule has 1 aromatic carbocycles. The molecular formula is C24H32N6O3. The normalized spacial score (nSPS) is 22.2. The van der Waals surface area contributed by atoms with Gasteiger partial charge in [-0.15, -0.1) is 0 Å². The zero-order valence-electron chi connectivity index (χ0n) is 19.4. The van der Waals surface area contributed by atoms with Crippen LogP contribution in [-0.2, 0) is 9.47 Å². The van der Waals surface area contributed by atoms with E-state index in [1.165, 1.54) is 0 Å². The molecule has 1 saturated heterocycles. The van der Waals surface area contributed by atoms with E-state index in [0.29, 0.717) is 17.8 Å². The van der Waals surface area contributed by atoms with Gasteiger partial charge in [0.15, 0.2) is 5.90 Å². The van der Waals surface area contributed by atoms with Crippen LogP contribution in [0.25, 0.3) is 11.0 Å². The molecule has 1 saturated carbocycles. The summed E-state index contributed by atoms with van der Waals surface area (Å²) in [6, 6.07) is 4.49. The van der Waals surface area contributed by atoms with E-state index >= 15 is 0 Å². The van der Waals surface area contributed by atoms with Crippen LogP contribution in [-0.4, -0.2) is 68.1 Å². The minimum Gasteiger partial charge on any atom is -0.488 e. The Balaban J connectivity index is 1.43. The predicted octanol–water partition coefficient (Wildman–Crippen LogP) is 3.31. The zero-order chi connectivity index (χ0) is 23.0. The summed E-state index contributed by atoms with van der Waals surface area (Å²) in [7, 11) is 1.60. The third kappa shape index (κ3) is 5.98. The van der Waals surface area contributed by atoms with Crippen molar-refractivity contribution in [2.45, 2.75) is 44.8 Å². The van der Waals surface area contributed by atoms with Gasteiger partial charge in [0.25, 0.3) is 0 Å². The van der Waals surface area contributed by atoms with Crippen LogP contribution in [0.2, 0.25) is 0 Å². The maximum atomic E-state index is 6.50. The topological polar surface area (TPSA) is 93.5 Å². The molecule has 0 spiro atoms. The number of anilines is 1. The molecule has 1 aliphatic carbocycles. The first-order valence-electron chi connectivity index (χ1n) is 11.4. The van der Waals surface area contributed by atoms with Gasteiger partial charge in [-0.05, 0) is 38.5 Å². The van der Waals surface area contributed by atoms with Gasteiger partial charge in [-0.25, -0.2) is 4.98 Å². The molecule has 9 nitrogen and oxygen atoms in total. The Morgan fingerprint density at radius 3 is 2.67 bits per heavy atom. The summed E-state index contributed by atoms with van der Waals surface area (Å²) in [5.41, 5.74) is 2.76. The van der Waals surface area contributed by atoms with Crippen LogP contribution >= 0.6 is 0 Å². The second kappa shape index (κ2) is 11.1. The maximum Gasteiger partial charge on any atom is 0.186 e. The van der Waals surface area contributed by atoms with Gasteiger partial charge in [-0.3, -0.25) is 9.98 Å². The predicted molar refractivity (Wildman–Crippen MR) is 130 cm³/mol. The number of morpholine rings is 1. The van der Waals surface area contributed by atoms with Crippen LogP contribution in [0.4, 0.5) is 5.69 Å². The van der Waals surface area contributed by atoms with Gasteiger partial charge in [-0.2, -0.15) is 4.99 Å². The Hall–Kier alpha value is -3.20. The molecule has 1 aromatic heterocycles. The van der Waals surface area contributed by atoms with E-state index in [1.807, 2.05) is 6.92 Å². The number of methoxy groups -OCH3 is 1. The van der Waals surface area contributed by atoms with Crippen molar-refractivity contribution in [2.75, 3.05) is 38.3 Å². The number of aromatic nitrogens is 2. The Morgan fingerprint density at radius 2 is 1.94 bits per heavy atom. The first-order chi connectivity index (χ1) is 16.2. The van der Waals surface area contributed by atoms with Gasteiger partial charge in [0.05, 0.1) is 38.1 Å². The number of fused-ring (bicyclic) bond motifs is 1. The third-order valence-electron chi connectivity index (χ3n) is 6.01. The smallest absolute Gasteiger partial charge is 0.186 e. The minimum atomic E-state index is 0.127. The number of hydrogen-bond acceptors (Lipinski definition) is 9. The molecule has 2 heterocycles. The van der Waals surface area contributed by atoms with Gasteiger partial charge in [0.1, 0.15) is 17.1 Å². The van der Waals surface area contributed by atoms with Crippen LogP contribution < -0.4 is 15.0 Å². The van der Waals surface area contributed by atoms with Crippen molar-refractivity contribution in [3.8, 4) is 5.75 Å². The van der Waals surface area contributed by atoms with Crippen molar-refractivity contribution in [1.82, 2.24) is 15.3 Å². The van der Waals surface area contributed by atoms with Gasteiger partial charge in [0, 0.05) is 50.2 Å². The number of aliphatic imine (C=N–C) groups is 2. The van der Waals surface area contributed by atoms with E-state index in [4.69, 9.17) is 14.2 Å². The van der Waals surface area contributed by atoms with Crippen molar-refractivity contribution >= 4 is 29.3 Å². The second-order valence-corrected chi connectivity index (χ2v) is 8.24. The Bertz CT molecular complexity index is 1010. The summed E-state index contributed by atoms with van der Waals surface area (Å²) in [6.07, 6.45) is 8.99. The van der Waals surface area contributed by atoms with Crippen molar-refractivity contribution in [2.24, 2.45) is 9.98 Å². The molecule has 0 unspecified atom stereocenters. The summed E-state index contributed by atoms with van der Waals surface area (Å²) < 4.78 is 17.2. The molecule has 176 valence electrons. The lowest BCUT2D eigenvalue weighted by molar-refractivity contribution is 0.122. The summed E-state index contributed by atoms with van der Waals surface area (Å²) in [5, 5.41) is 3.45. The third-order valence-corrected chi connectivity index (χ3v) is 6.01. The molecule has 2 aliphatic rings. The maximum absolute atomic E-state index is 6.50. The zero-order valence-corrected chi connectivity index (χ0v) is 19.4. The summed E-state index contributed by atoms with van der Waals surface area (Å²) in [6.45, 7) is 8.53. The average molecular weight is 453 g/mol. The summed E-state index contributed by atoms with van der Waals surface area (Å²) in [4.78, 5) is 19.6. The number of nitrogens with zero attached hydrogens (tertiary/aromatic N) is 5. The molecule has 0 radical (unpaired) electrons. The number of benzene rings is 1. The van der Waals surface area contributed by atoms with Crippen LogP contribution in [0, 0.1) is 0 Å². The highest BCUT2D eigenvalue weighted by atomic mass is 16.5. The largest absolute Gasteiger partial charge is 0.488 e. The summed E-state index contributed by atoms with van der Waals surface area (Å²) in [5.74, 6) is 2.03. The number of ether oxygens (including phenoxy) is 3. The van der Waals surface area contributed by atoms with Gasteiger partial charge in [0.2, 0.25) is 0 Å².